The highest BCUT2D eigenvalue weighted by Crippen LogP contribution is 2.40. The second-order valence-corrected chi connectivity index (χ2v) is 10.0. The Morgan fingerprint density at radius 3 is 2.31 bits per heavy atom. The number of carbonyl (C=O) groups is 1. The van der Waals surface area contributed by atoms with Gasteiger partial charge in [-0.3, -0.25) is 9.89 Å². The highest BCUT2D eigenvalue weighted by molar-refractivity contribution is 5.90. The van der Waals surface area contributed by atoms with Gasteiger partial charge in [-0.2, -0.15) is 0 Å². The van der Waals surface area contributed by atoms with Crippen molar-refractivity contribution in [3.63, 3.8) is 0 Å². The summed E-state index contributed by atoms with van der Waals surface area (Å²) < 4.78 is 1.48. The Hall–Kier alpha value is -4.26. The molecule has 184 valence electrons. The van der Waals surface area contributed by atoms with E-state index in [2.05, 4.69) is 36.1 Å². The number of hydrogen-bond donors (Lipinski definition) is 2. The van der Waals surface area contributed by atoms with E-state index in [4.69, 9.17) is 0 Å². The van der Waals surface area contributed by atoms with Crippen LogP contribution < -0.4 is 5.56 Å². The molecule has 0 amide bonds. The monoisotopic (exact) mass is 482 g/mol. The predicted molar refractivity (Wildman–Crippen MR) is 142 cm³/mol. The number of H-pyrrole nitrogens is 1. The summed E-state index contributed by atoms with van der Waals surface area (Å²) in [4.78, 5) is 24.7. The number of aromatic nitrogens is 2. The van der Waals surface area contributed by atoms with Crippen molar-refractivity contribution in [2.24, 2.45) is 10.2 Å². The fraction of sp³-hybridized carbons (Fsp3) is 0.241. The third-order valence-electron chi connectivity index (χ3n) is 6.26. The molecule has 1 aromatic heterocycles. The summed E-state index contributed by atoms with van der Waals surface area (Å²) in [6, 6.07) is 18.4. The van der Waals surface area contributed by atoms with Crippen molar-refractivity contribution in [1.82, 2.24) is 9.78 Å². The van der Waals surface area contributed by atoms with Crippen LogP contribution in [0, 0.1) is 20.8 Å². The van der Waals surface area contributed by atoms with E-state index in [1.807, 2.05) is 56.3 Å². The van der Waals surface area contributed by atoms with Gasteiger partial charge in [0.15, 0.2) is 5.69 Å². The van der Waals surface area contributed by atoms with Gasteiger partial charge >= 0.3 is 5.97 Å². The van der Waals surface area contributed by atoms with Gasteiger partial charge in [0.2, 0.25) is 0 Å². The Labute approximate surface area is 210 Å². The van der Waals surface area contributed by atoms with Crippen LogP contribution in [0.25, 0.3) is 16.8 Å². The number of benzene rings is 3. The van der Waals surface area contributed by atoms with E-state index in [1.165, 1.54) is 4.68 Å². The van der Waals surface area contributed by atoms with Gasteiger partial charge < -0.3 is 5.11 Å². The first-order chi connectivity index (χ1) is 17.0. The van der Waals surface area contributed by atoms with Crippen molar-refractivity contribution in [3.8, 4) is 16.8 Å². The number of hydrogen-bond acceptors (Lipinski definition) is 4. The Morgan fingerprint density at radius 1 is 0.917 bits per heavy atom. The molecule has 0 unspecified atom stereocenters. The number of azo groups is 1. The molecular formula is C29H30N4O3. The van der Waals surface area contributed by atoms with E-state index < -0.39 is 5.97 Å². The Bertz CT molecular complexity index is 1550. The zero-order valence-corrected chi connectivity index (χ0v) is 21.4. The zero-order chi connectivity index (χ0) is 26.2. The fourth-order valence-electron chi connectivity index (χ4n) is 4.28. The molecule has 0 spiro atoms. The van der Waals surface area contributed by atoms with E-state index in [0.717, 1.165) is 33.5 Å². The highest BCUT2D eigenvalue weighted by atomic mass is 16.4. The summed E-state index contributed by atoms with van der Waals surface area (Å²) in [5.74, 6) is -0.979. The molecule has 0 atom stereocenters. The molecule has 0 saturated heterocycles. The van der Waals surface area contributed by atoms with E-state index in [-0.39, 0.29) is 22.2 Å². The van der Waals surface area contributed by atoms with E-state index in [1.54, 1.807) is 25.1 Å². The number of nitrogens with zero attached hydrogens (tertiary/aromatic N) is 3. The molecule has 0 radical (unpaired) electrons. The lowest BCUT2D eigenvalue weighted by Crippen LogP contribution is -2.14. The highest BCUT2D eigenvalue weighted by Gasteiger charge is 2.23. The van der Waals surface area contributed by atoms with Crippen LogP contribution in [0.4, 0.5) is 11.4 Å². The van der Waals surface area contributed by atoms with Gasteiger partial charge in [0.1, 0.15) is 0 Å². The van der Waals surface area contributed by atoms with Crippen molar-refractivity contribution < 1.29 is 9.90 Å². The number of aryl methyl sites for hydroxylation is 3. The smallest absolute Gasteiger partial charge is 0.335 e. The third-order valence-corrected chi connectivity index (χ3v) is 6.26. The Kier molecular flexibility index (Phi) is 6.50. The number of carboxylic acids is 1. The average molecular weight is 483 g/mol. The van der Waals surface area contributed by atoms with Crippen LogP contribution in [0.5, 0.6) is 0 Å². The molecule has 0 saturated carbocycles. The van der Waals surface area contributed by atoms with Gasteiger partial charge in [-0.15, -0.1) is 10.2 Å². The van der Waals surface area contributed by atoms with Crippen LogP contribution >= 0.6 is 0 Å². The van der Waals surface area contributed by atoms with Gasteiger partial charge in [0.25, 0.3) is 5.56 Å². The Morgan fingerprint density at radius 2 is 1.64 bits per heavy atom. The number of nitrogens with one attached hydrogen (secondary N) is 1. The van der Waals surface area contributed by atoms with Crippen LogP contribution in [0.15, 0.2) is 75.7 Å². The fourth-order valence-corrected chi connectivity index (χ4v) is 4.28. The normalized spacial score (nSPS) is 11.8. The summed E-state index contributed by atoms with van der Waals surface area (Å²) in [5, 5.41) is 21.5. The maximum absolute atomic E-state index is 13.2. The number of rotatable bonds is 5. The van der Waals surface area contributed by atoms with Gasteiger partial charge in [-0.05, 0) is 84.3 Å². The molecule has 0 bridgehead atoms. The van der Waals surface area contributed by atoms with Gasteiger partial charge in [0, 0.05) is 0 Å². The second kappa shape index (κ2) is 9.41. The van der Waals surface area contributed by atoms with Crippen LogP contribution in [-0.2, 0) is 5.41 Å². The van der Waals surface area contributed by atoms with Crippen LogP contribution in [0.3, 0.4) is 0 Å². The molecule has 7 nitrogen and oxygen atoms in total. The lowest BCUT2D eigenvalue weighted by molar-refractivity contribution is 0.0697. The molecule has 0 aliphatic carbocycles. The maximum Gasteiger partial charge on any atom is 0.335 e. The minimum atomic E-state index is -0.979. The lowest BCUT2D eigenvalue weighted by atomic mass is 9.80. The van der Waals surface area contributed by atoms with E-state index in [0.29, 0.717) is 11.4 Å². The molecular weight excluding hydrogens is 452 g/mol. The SMILES string of the molecule is Cc1ccc(-n2[nH]c(C)c(N=Nc3cccc(-c4cccc(C(=O)O)c4)c3C(C)(C)C)c2=O)cc1C. The maximum atomic E-state index is 13.2. The van der Waals surface area contributed by atoms with Crippen LogP contribution in [0.2, 0.25) is 0 Å². The summed E-state index contributed by atoms with van der Waals surface area (Å²) in [6.07, 6.45) is 0. The van der Waals surface area contributed by atoms with Crippen LogP contribution in [-0.4, -0.2) is 20.9 Å². The average Bonchev–Trinajstić information content (AvgIpc) is 3.11. The lowest BCUT2D eigenvalue weighted by Gasteiger charge is -2.25. The van der Waals surface area contributed by atoms with Crippen molar-refractivity contribution in [2.45, 2.75) is 47.0 Å². The molecule has 3 aromatic carbocycles. The quantitative estimate of drug-likeness (QED) is 0.295. The predicted octanol–water partition coefficient (Wildman–Crippen LogP) is 7.17. The summed E-state index contributed by atoms with van der Waals surface area (Å²) in [7, 11) is 0. The third kappa shape index (κ3) is 4.77. The largest absolute Gasteiger partial charge is 0.478 e. The second-order valence-electron chi connectivity index (χ2n) is 10.0. The minimum absolute atomic E-state index is 0.217. The molecule has 4 aromatic rings. The van der Waals surface area contributed by atoms with Gasteiger partial charge in [0.05, 0.1) is 22.6 Å². The zero-order valence-electron chi connectivity index (χ0n) is 21.4. The minimum Gasteiger partial charge on any atom is -0.478 e. The van der Waals surface area contributed by atoms with Crippen molar-refractivity contribution in [2.75, 3.05) is 0 Å². The van der Waals surface area contributed by atoms with Crippen molar-refractivity contribution in [1.29, 1.82) is 0 Å². The number of aromatic carboxylic acids is 1. The first kappa shape index (κ1) is 24.9. The molecule has 2 N–H and O–H groups in total. The molecule has 0 aliphatic heterocycles. The molecule has 1 heterocycles. The first-order valence-corrected chi connectivity index (χ1v) is 11.8. The van der Waals surface area contributed by atoms with Crippen LogP contribution in [0.1, 0.15) is 53.5 Å². The number of aromatic amines is 1. The summed E-state index contributed by atoms with van der Waals surface area (Å²) >= 11 is 0. The van der Waals surface area contributed by atoms with Crippen molar-refractivity contribution >= 4 is 17.3 Å². The molecule has 4 rings (SSSR count). The molecule has 0 aliphatic rings. The summed E-state index contributed by atoms with van der Waals surface area (Å²) in [6.45, 7) is 12.0. The van der Waals surface area contributed by atoms with Crippen molar-refractivity contribution in [3.05, 3.63) is 99.0 Å². The standard InChI is InChI=1S/C29H30N4O3/c1-17-13-14-22(15-18(17)2)33-27(34)26(19(3)32-33)31-30-24-12-8-11-23(25(24)29(4,5)6)20-9-7-10-21(16-20)28(35)36/h7-16,32H,1-6H3,(H,35,36). The van der Waals surface area contributed by atoms with Gasteiger partial charge in [-0.25, -0.2) is 9.48 Å². The first-order valence-electron chi connectivity index (χ1n) is 11.8. The summed E-state index contributed by atoms with van der Waals surface area (Å²) in [5.41, 5.74) is 6.66. The molecule has 36 heavy (non-hydrogen) atoms. The topological polar surface area (TPSA) is 99.8 Å². The van der Waals surface area contributed by atoms with E-state index in [9.17, 15) is 14.7 Å². The molecule has 7 heteroatoms. The molecule has 0 fully saturated rings. The Balaban J connectivity index is 1.81. The number of carboxylic acid groups (broad SMARTS) is 1. The van der Waals surface area contributed by atoms with Gasteiger partial charge in [-0.1, -0.05) is 51.1 Å². The van der Waals surface area contributed by atoms with E-state index >= 15 is 0 Å².